The fraction of sp³-hybridized carbons (Fsp3) is 0.353. The first-order valence-electron chi connectivity index (χ1n) is 7.79. The second-order valence-electron chi connectivity index (χ2n) is 5.50. The number of hydrogen-bond acceptors (Lipinski definition) is 3. The molecule has 0 aromatic heterocycles. The van der Waals surface area contributed by atoms with Gasteiger partial charge >= 0.3 is 11.8 Å². The maximum atomic E-state index is 11.7. The minimum atomic E-state index is -0.864. The van der Waals surface area contributed by atoms with Gasteiger partial charge in [-0.15, -0.1) is 0 Å². The highest BCUT2D eigenvalue weighted by molar-refractivity contribution is 6.35. The van der Waals surface area contributed by atoms with Gasteiger partial charge in [-0.2, -0.15) is 0 Å². The van der Waals surface area contributed by atoms with E-state index in [1.165, 1.54) is 12.5 Å². The van der Waals surface area contributed by atoms with Crippen LogP contribution in [0, 0.1) is 0 Å². The van der Waals surface area contributed by atoms with Crippen LogP contribution < -0.4 is 16.2 Å². The molecule has 122 valence electrons. The molecule has 2 rings (SSSR count). The first-order chi connectivity index (χ1) is 11.1. The van der Waals surface area contributed by atoms with Gasteiger partial charge in [0.25, 0.3) is 5.91 Å². The molecule has 1 aromatic carbocycles. The molecule has 0 atom stereocenters. The monoisotopic (exact) mass is 315 g/mol. The van der Waals surface area contributed by atoms with Crippen molar-refractivity contribution in [1.82, 2.24) is 16.2 Å². The third kappa shape index (κ3) is 5.94. The fourth-order valence-corrected chi connectivity index (χ4v) is 2.45. The summed E-state index contributed by atoms with van der Waals surface area (Å²) in [6.45, 7) is 0. The molecule has 0 aliphatic heterocycles. The average Bonchev–Trinajstić information content (AvgIpc) is 2.59. The molecule has 1 aromatic rings. The van der Waals surface area contributed by atoms with Crippen LogP contribution in [0.25, 0.3) is 6.08 Å². The van der Waals surface area contributed by atoms with Crippen LogP contribution in [-0.2, 0) is 14.4 Å². The average molecular weight is 315 g/mol. The zero-order valence-electron chi connectivity index (χ0n) is 12.9. The van der Waals surface area contributed by atoms with Crippen molar-refractivity contribution in [2.75, 3.05) is 0 Å². The molecule has 1 aliphatic carbocycles. The molecule has 6 heteroatoms. The summed E-state index contributed by atoms with van der Waals surface area (Å²) in [5, 5.41) is 2.68. The molecule has 1 saturated carbocycles. The van der Waals surface area contributed by atoms with Gasteiger partial charge in [0.1, 0.15) is 0 Å². The van der Waals surface area contributed by atoms with Crippen LogP contribution in [0.2, 0.25) is 0 Å². The van der Waals surface area contributed by atoms with Crippen LogP contribution in [0.5, 0.6) is 0 Å². The quantitative estimate of drug-likeness (QED) is 0.446. The van der Waals surface area contributed by atoms with Crippen LogP contribution in [0.3, 0.4) is 0 Å². The molecule has 1 aliphatic rings. The Balaban J connectivity index is 1.71. The Morgan fingerprint density at radius 1 is 0.913 bits per heavy atom. The fourth-order valence-electron chi connectivity index (χ4n) is 2.45. The minimum Gasteiger partial charge on any atom is -0.345 e. The predicted molar refractivity (Wildman–Crippen MR) is 86.8 cm³/mol. The van der Waals surface area contributed by atoms with Crippen molar-refractivity contribution in [3.63, 3.8) is 0 Å². The first-order valence-corrected chi connectivity index (χ1v) is 7.79. The Bertz CT molecular complexity index is 578. The summed E-state index contributed by atoms with van der Waals surface area (Å²) < 4.78 is 0. The summed E-state index contributed by atoms with van der Waals surface area (Å²) in [6.07, 6.45) is 7.98. The van der Waals surface area contributed by atoms with E-state index in [-0.39, 0.29) is 6.04 Å². The summed E-state index contributed by atoms with van der Waals surface area (Å²) in [6, 6.07) is 9.34. The summed E-state index contributed by atoms with van der Waals surface area (Å²) in [4.78, 5) is 34.9. The van der Waals surface area contributed by atoms with E-state index >= 15 is 0 Å². The molecule has 3 N–H and O–H groups in total. The lowest BCUT2D eigenvalue weighted by Crippen LogP contribution is -2.50. The summed E-state index contributed by atoms with van der Waals surface area (Å²) >= 11 is 0. The molecule has 0 spiro atoms. The smallest absolute Gasteiger partial charge is 0.327 e. The lowest BCUT2D eigenvalue weighted by Gasteiger charge is -2.22. The largest absolute Gasteiger partial charge is 0.345 e. The molecule has 6 nitrogen and oxygen atoms in total. The van der Waals surface area contributed by atoms with Gasteiger partial charge in [0.05, 0.1) is 0 Å². The van der Waals surface area contributed by atoms with Gasteiger partial charge < -0.3 is 5.32 Å². The third-order valence-corrected chi connectivity index (χ3v) is 3.67. The van der Waals surface area contributed by atoms with E-state index < -0.39 is 17.7 Å². The number of benzene rings is 1. The lowest BCUT2D eigenvalue weighted by molar-refractivity contribution is -0.141. The molecule has 0 heterocycles. The van der Waals surface area contributed by atoms with E-state index in [2.05, 4.69) is 16.2 Å². The van der Waals surface area contributed by atoms with E-state index in [9.17, 15) is 14.4 Å². The molecule has 0 radical (unpaired) electrons. The summed E-state index contributed by atoms with van der Waals surface area (Å²) in [5.41, 5.74) is 5.16. The van der Waals surface area contributed by atoms with Crippen LogP contribution >= 0.6 is 0 Å². The maximum absolute atomic E-state index is 11.7. The zero-order chi connectivity index (χ0) is 16.5. The van der Waals surface area contributed by atoms with Crippen molar-refractivity contribution in [3.05, 3.63) is 42.0 Å². The highest BCUT2D eigenvalue weighted by Crippen LogP contribution is 2.17. The third-order valence-electron chi connectivity index (χ3n) is 3.67. The molecular weight excluding hydrogens is 294 g/mol. The number of carbonyl (C=O) groups excluding carboxylic acids is 3. The first kappa shape index (κ1) is 16.7. The summed E-state index contributed by atoms with van der Waals surface area (Å²) in [5.74, 6) is -2.09. The van der Waals surface area contributed by atoms with Crippen molar-refractivity contribution >= 4 is 23.8 Å². The summed E-state index contributed by atoms with van der Waals surface area (Å²) in [7, 11) is 0. The maximum Gasteiger partial charge on any atom is 0.327 e. The van der Waals surface area contributed by atoms with Gasteiger partial charge in [0.15, 0.2) is 0 Å². The van der Waals surface area contributed by atoms with E-state index in [0.29, 0.717) is 0 Å². The van der Waals surface area contributed by atoms with E-state index in [0.717, 1.165) is 31.2 Å². The number of carbonyl (C=O) groups is 3. The number of hydrazine groups is 1. The number of rotatable bonds is 3. The number of amides is 3. The normalized spacial score (nSPS) is 15.1. The van der Waals surface area contributed by atoms with Gasteiger partial charge in [-0.1, -0.05) is 49.6 Å². The lowest BCUT2D eigenvalue weighted by atomic mass is 9.95. The Morgan fingerprint density at radius 3 is 2.30 bits per heavy atom. The van der Waals surface area contributed by atoms with Crippen LogP contribution in [-0.4, -0.2) is 23.8 Å². The molecule has 23 heavy (non-hydrogen) atoms. The Labute approximate surface area is 135 Å². The van der Waals surface area contributed by atoms with Gasteiger partial charge in [-0.25, -0.2) is 0 Å². The van der Waals surface area contributed by atoms with Crippen molar-refractivity contribution in [2.45, 2.75) is 38.1 Å². The highest BCUT2D eigenvalue weighted by atomic mass is 16.2. The second-order valence-corrected chi connectivity index (χ2v) is 5.50. The Morgan fingerprint density at radius 2 is 1.61 bits per heavy atom. The standard InChI is InChI=1S/C17H21N3O3/c21-15(12-11-13-7-3-1-4-8-13)19-20-17(23)16(22)18-14-9-5-2-6-10-14/h1,3-4,7-8,11-12,14H,2,5-6,9-10H2,(H,18,22)(H,19,21)(H,20,23)/b12-11+. The van der Waals surface area contributed by atoms with Crippen LogP contribution in [0.1, 0.15) is 37.7 Å². The van der Waals surface area contributed by atoms with Crippen molar-refractivity contribution < 1.29 is 14.4 Å². The molecule has 0 bridgehead atoms. The highest BCUT2D eigenvalue weighted by Gasteiger charge is 2.20. The Kier molecular flexibility index (Phi) is 6.35. The molecular formula is C17H21N3O3. The Hall–Kier alpha value is -2.63. The molecule has 0 unspecified atom stereocenters. The van der Waals surface area contributed by atoms with Gasteiger partial charge in [-0.05, 0) is 24.5 Å². The topological polar surface area (TPSA) is 87.3 Å². The SMILES string of the molecule is O=C(/C=C/c1ccccc1)NNC(=O)C(=O)NC1CCCCC1. The molecule has 3 amide bonds. The predicted octanol–water partition coefficient (Wildman–Crippen LogP) is 1.30. The second kappa shape index (κ2) is 8.73. The molecule has 1 fully saturated rings. The van der Waals surface area contributed by atoms with Crippen molar-refractivity contribution in [3.8, 4) is 0 Å². The van der Waals surface area contributed by atoms with Gasteiger partial charge in [-0.3, -0.25) is 25.2 Å². The zero-order valence-corrected chi connectivity index (χ0v) is 12.9. The number of nitrogens with one attached hydrogen (secondary N) is 3. The van der Waals surface area contributed by atoms with E-state index in [4.69, 9.17) is 0 Å². The van der Waals surface area contributed by atoms with Crippen LogP contribution in [0.4, 0.5) is 0 Å². The van der Waals surface area contributed by atoms with Crippen molar-refractivity contribution in [1.29, 1.82) is 0 Å². The minimum absolute atomic E-state index is 0.0516. The van der Waals surface area contributed by atoms with Crippen molar-refractivity contribution in [2.24, 2.45) is 0 Å². The van der Waals surface area contributed by atoms with E-state index in [1.807, 2.05) is 30.3 Å². The van der Waals surface area contributed by atoms with E-state index in [1.54, 1.807) is 6.08 Å². The number of hydrogen-bond donors (Lipinski definition) is 3. The van der Waals surface area contributed by atoms with Crippen LogP contribution in [0.15, 0.2) is 36.4 Å². The van der Waals surface area contributed by atoms with Gasteiger partial charge in [0.2, 0.25) is 0 Å². The van der Waals surface area contributed by atoms with Gasteiger partial charge in [0, 0.05) is 12.1 Å². The molecule has 0 saturated heterocycles.